The SMILES string of the molecule is C=CCc1cc(C(=O)Nc2ccc(N(CC)CC)cc2)cc(OC)c1OC. The molecule has 2 aromatic rings. The number of allylic oxidation sites excluding steroid dienone is 1. The molecule has 0 radical (unpaired) electrons. The zero-order valence-electron chi connectivity index (χ0n) is 16.5. The third kappa shape index (κ3) is 4.82. The summed E-state index contributed by atoms with van der Waals surface area (Å²) >= 11 is 0. The smallest absolute Gasteiger partial charge is 0.255 e. The lowest BCUT2D eigenvalue weighted by atomic mass is 10.0. The van der Waals surface area contributed by atoms with Crippen molar-refractivity contribution in [1.29, 1.82) is 0 Å². The lowest BCUT2D eigenvalue weighted by Gasteiger charge is -2.21. The molecule has 0 aliphatic heterocycles. The van der Waals surface area contributed by atoms with Crippen LogP contribution in [0, 0.1) is 0 Å². The second kappa shape index (κ2) is 9.67. The predicted molar refractivity (Wildman–Crippen MR) is 111 cm³/mol. The van der Waals surface area contributed by atoms with Gasteiger partial charge in [-0.15, -0.1) is 6.58 Å². The van der Waals surface area contributed by atoms with Gasteiger partial charge in [-0.05, 0) is 56.7 Å². The average Bonchev–Trinajstić information content (AvgIpc) is 2.69. The lowest BCUT2D eigenvalue weighted by Crippen LogP contribution is -2.21. The number of rotatable bonds is 9. The van der Waals surface area contributed by atoms with Crippen molar-refractivity contribution in [2.45, 2.75) is 20.3 Å². The van der Waals surface area contributed by atoms with E-state index in [2.05, 4.69) is 30.6 Å². The lowest BCUT2D eigenvalue weighted by molar-refractivity contribution is 0.102. The molecule has 2 aromatic carbocycles. The van der Waals surface area contributed by atoms with Gasteiger partial charge in [-0.2, -0.15) is 0 Å². The monoisotopic (exact) mass is 368 g/mol. The molecule has 1 amide bonds. The molecule has 0 aliphatic rings. The summed E-state index contributed by atoms with van der Waals surface area (Å²) in [6.07, 6.45) is 2.35. The van der Waals surface area contributed by atoms with Gasteiger partial charge in [0.2, 0.25) is 0 Å². The maximum absolute atomic E-state index is 12.7. The molecule has 27 heavy (non-hydrogen) atoms. The van der Waals surface area contributed by atoms with E-state index in [9.17, 15) is 4.79 Å². The standard InChI is InChI=1S/C22H28N2O3/c1-6-9-16-14-17(15-20(26-4)21(16)27-5)22(25)23-18-10-12-19(13-11-18)24(7-2)8-3/h6,10-15H,1,7-9H2,2-5H3,(H,23,25). The van der Waals surface area contributed by atoms with Crippen LogP contribution >= 0.6 is 0 Å². The van der Waals surface area contributed by atoms with E-state index in [1.54, 1.807) is 26.4 Å². The Morgan fingerprint density at radius 2 is 1.78 bits per heavy atom. The number of carbonyl (C=O) groups excluding carboxylic acids is 1. The van der Waals surface area contributed by atoms with Crippen LogP contribution in [0.1, 0.15) is 29.8 Å². The minimum atomic E-state index is -0.197. The maximum atomic E-state index is 12.7. The number of anilines is 2. The fourth-order valence-corrected chi connectivity index (χ4v) is 3.03. The Labute approximate surface area is 161 Å². The average molecular weight is 368 g/mol. The van der Waals surface area contributed by atoms with Crippen molar-refractivity contribution in [3.63, 3.8) is 0 Å². The number of hydrogen-bond donors (Lipinski definition) is 1. The van der Waals surface area contributed by atoms with Crippen molar-refractivity contribution < 1.29 is 14.3 Å². The third-order valence-corrected chi connectivity index (χ3v) is 4.44. The van der Waals surface area contributed by atoms with Gasteiger partial charge in [-0.25, -0.2) is 0 Å². The fraction of sp³-hybridized carbons (Fsp3) is 0.318. The second-order valence-electron chi connectivity index (χ2n) is 6.04. The predicted octanol–water partition coefficient (Wildman–Crippen LogP) is 4.53. The molecule has 5 nitrogen and oxygen atoms in total. The minimum Gasteiger partial charge on any atom is -0.493 e. The molecule has 0 fully saturated rings. The third-order valence-electron chi connectivity index (χ3n) is 4.44. The van der Waals surface area contributed by atoms with Crippen molar-refractivity contribution in [2.75, 3.05) is 37.5 Å². The Morgan fingerprint density at radius 1 is 1.11 bits per heavy atom. The molecule has 0 aliphatic carbocycles. The zero-order valence-corrected chi connectivity index (χ0v) is 16.5. The van der Waals surface area contributed by atoms with Crippen LogP contribution < -0.4 is 19.7 Å². The van der Waals surface area contributed by atoms with Gasteiger partial charge in [-0.1, -0.05) is 6.08 Å². The number of nitrogens with one attached hydrogen (secondary N) is 1. The zero-order chi connectivity index (χ0) is 19.8. The Kier molecular flexibility index (Phi) is 7.29. The first-order chi connectivity index (χ1) is 13.1. The van der Waals surface area contributed by atoms with Crippen molar-refractivity contribution >= 4 is 17.3 Å². The first-order valence-electron chi connectivity index (χ1n) is 9.10. The molecular weight excluding hydrogens is 340 g/mol. The number of nitrogens with zero attached hydrogens (tertiary/aromatic N) is 1. The second-order valence-corrected chi connectivity index (χ2v) is 6.04. The van der Waals surface area contributed by atoms with Crippen LogP contribution in [-0.2, 0) is 6.42 Å². The van der Waals surface area contributed by atoms with Gasteiger partial charge in [-0.3, -0.25) is 4.79 Å². The normalized spacial score (nSPS) is 10.2. The van der Waals surface area contributed by atoms with Crippen molar-refractivity contribution in [1.82, 2.24) is 0 Å². The fourth-order valence-electron chi connectivity index (χ4n) is 3.03. The molecule has 0 heterocycles. The topological polar surface area (TPSA) is 50.8 Å². The van der Waals surface area contributed by atoms with E-state index >= 15 is 0 Å². The van der Waals surface area contributed by atoms with E-state index in [0.717, 1.165) is 30.0 Å². The Hall–Kier alpha value is -2.95. The summed E-state index contributed by atoms with van der Waals surface area (Å²) in [6.45, 7) is 9.90. The highest BCUT2D eigenvalue weighted by atomic mass is 16.5. The van der Waals surface area contributed by atoms with Crippen LogP contribution in [0.4, 0.5) is 11.4 Å². The van der Waals surface area contributed by atoms with Gasteiger partial charge in [0.15, 0.2) is 11.5 Å². The van der Waals surface area contributed by atoms with Gasteiger partial charge in [0.1, 0.15) is 0 Å². The number of carbonyl (C=O) groups is 1. The number of ether oxygens (including phenoxy) is 2. The largest absolute Gasteiger partial charge is 0.493 e. The van der Waals surface area contributed by atoms with Gasteiger partial charge >= 0.3 is 0 Å². The first-order valence-corrected chi connectivity index (χ1v) is 9.10. The van der Waals surface area contributed by atoms with Gasteiger partial charge in [0.05, 0.1) is 14.2 Å². The highest BCUT2D eigenvalue weighted by Gasteiger charge is 2.16. The summed E-state index contributed by atoms with van der Waals surface area (Å²) in [4.78, 5) is 15.0. The summed E-state index contributed by atoms with van der Waals surface area (Å²) in [6, 6.07) is 11.3. The molecular formula is C22H28N2O3. The van der Waals surface area contributed by atoms with E-state index in [1.807, 2.05) is 30.3 Å². The molecule has 5 heteroatoms. The van der Waals surface area contributed by atoms with E-state index in [-0.39, 0.29) is 5.91 Å². The summed E-state index contributed by atoms with van der Waals surface area (Å²) < 4.78 is 10.8. The number of benzene rings is 2. The van der Waals surface area contributed by atoms with Crippen LogP contribution in [0.15, 0.2) is 49.1 Å². The van der Waals surface area contributed by atoms with Crippen LogP contribution in [0.2, 0.25) is 0 Å². The molecule has 0 bridgehead atoms. The van der Waals surface area contributed by atoms with Crippen molar-refractivity contribution in [3.8, 4) is 11.5 Å². The van der Waals surface area contributed by atoms with Gasteiger partial charge < -0.3 is 19.7 Å². The van der Waals surface area contributed by atoms with Crippen molar-refractivity contribution in [3.05, 3.63) is 60.2 Å². The molecule has 0 saturated heterocycles. The summed E-state index contributed by atoms with van der Waals surface area (Å²) in [5.41, 5.74) is 3.25. The van der Waals surface area contributed by atoms with Crippen LogP contribution in [0.25, 0.3) is 0 Å². The minimum absolute atomic E-state index is 0.197. The molecule has 0 saturated carbocycles. The molecule has 1 N–H and O–H groups in total. The quantitative estimate of drug-likeness (QED) is 0.661. The summed E-state index contributed by atoms with van der Waals surface area (Å²) in [5, 5.41) is 2.94. The molecule has 0 atom stereocenters. The van der Waals surface area contributed by atoms with E-state index in [0.29, 0.717) is 23.5 Å². The molecule has 0 spiro atoms. The number of hydrogen-bond acceptors (Lipinski definition) is 4. The molecule has 2 rings (SSSR count). The van der Waals surface area contributed by atoms with Crippen LogP contribution in [0.3, 0.4) is 0 Å². The van der Waals surface area contributed by atoms with E-state index in [1.165, 1.54) is 0 Å². The van der Waals surface area contributed by atoms with Gasteiger partial charge in [0.25, 0.3) is 5.91 Å². The summed E-state index contributed by atoms with van der Waals surface area (Å²) in [5.74, 6) is 0.952. The summed E-state index contributed by atoms with van der Waals surface area (Å²) in [7, 11) is 3.14. The molecule has 0 unspecified atom stereocenters. The number of methoxy groups -OCH3 is 2. The highest BCUT2D eigenvalue weighted by Crippen LogP contribution is 2.33. The van der Waals surface area contributed by atoms with Gasteiger partial charge in [0, 0.05) is 35.6 Å². The van der Waals surface area contributed by atoms with E-state index < -0.39 is 0 Å². The van der Waals surface area contributed by atoms with E-state index in [4.69, 9.17) is 9.47 Å². The molecule has 0 aromatic heterocycles. The maximum Gasteiger partial charge on any atom is 0.255 e. The number of amides is 1. The van der Waals surface area contributed by atoms with Crippen LogP contribution in [-0.4, -0.2) is 33.2 Å². The first kappa shape index (κ1) is 20.4. The highest BCUT2D eigenvalue weighted by molar-refractivity contribution is 6.05. The molecule has 144 valence electrons. The Balaban J connectivity index is 2.24. The van der Waals surface area contributed by atoms with Crippen molar-refractivity contribution in [2.24, 2.45) is 0 Å². The Bertz CT molecular complexity index is 781. The van der Waals surface area contributed by atoms with Crippen LogP contribution in [0.5, 0.6) is 11.5 Å². The Morgan fingerprint density at radius 3 is 2.30 bits per heavy atom.